The number of imidazole rings is 1. The van der Waals surface area contributed by atoms with Crippen LogP contribution in [0.15, 0.2) is 35.4 Å². The van der Waals surface area contributed by atoms with Crippen molar-refractivity contribution in [2.24, 2.45) is 0 Å². The Labute approximate surface area is 109 Å². The summed E-state index contributed by atoms with van der Waals surface area (Å²) >= 11 is 0. The van der Waals surface area contributed by atoms with Gasteiger partial charge in [-0.15, -0.1) is 0 Å². The molecule has 0 atom stereocenters. The van der Waals surface area contributed by atoms with Crippen LogP contribution in [-0.4, -0.2) is 26.3 Å². The van der Waals surface area contributed by atoms with Gasteiger partial charge in [-0.3, -0.25) is 9.13 Å². The van der Waals surface area contributed by atoms with Crippen LogP contribution >= 0.6 is 0 Å². The summed E-state index contributed by atoms with van der Waals surface area (Å²) in [6, 6.07) is 4.01. The van der Waals surface area contributed by atoms with Gasteiger partial charge in [0.05, 0.1) is 6.54 Å². The third-order valence-electron chi connectivity index (χ3n) is 2.95. The Bertz CT molecular complexity index is 636. The van der Waals surface area contributed by atoms with E-state index >= 15 is 0 Å². The van der Waals surface area contributed by atoms with E-state index in [1.807, 2.05) is 6.92 Å². The van der Waals surface area contributed by atoms with E-state index in [-0.39, 0.29) is 17.7 Å². The van der Waals surface area contributed by atoms with Crippen molar-refractivity contribution in [1.82, 2.24) is 9.13 Å². The summed E-state index contributed by atoms with van der Waals surface area (Å²) in [6.07, 6.45) is 3.32. The zero-order valence-electron chi connectivity index (χ0n) is 10.5. The minimum absolute atomic E-state index is 0.155. The Morgan fingerprint density at radius 2 is 1.95 bits per heavy atom. The van der Waals surface area contributed by atoms with Crippen molar-refractivity contribution in [2.45, 2.75) is 20.0 Å². The average molecular weight is 264 g/mol. The molecule has 100 valence electrons. The summed E-state index contributed by atoms with van der Waals surface area (Å²) in [7, 11) is -1.86. The predicted octanol–water partition coefficient (Wildman–Crippen LogP) is -0.463. The number of hydrogen-bond donors (Lipinski definition) is 2. The summed E-state index contributed by atoms with van der Waals surface area (Å²) < 4.78 is 16.3. The van der Waals surface area contributed by atoms with E-state index in [9.17, 15) is 9.18 Å². The monoisotopic (exact) mass is 264 g/mol. The smallest absolute Gasteiger partial charge is 0.423 e. The fourth-order valence-corrected chi connectivity index (χ4v) is 1.90. The number of nitrogens with zero attached hydrogens (tertiary/aromatic N) is 2. The number of halogens is 1. The van der Waals surface area contributed by atoms with Gasteiger partial charge in [-0.1, -0.05) is 12.1 Å². The number of benzene rings is 1. The Morgan fingerprint density at radius 1 is 1.26 bits per heavy atom. The highest BCUT2D eigenvalue weighted by Gasteiger charge is 2.17. The lowest BCUT2D eigenvalue weighted by atomic mass is 9.79. The van der Waals surface area contributed by atoms with E-state index < -0.39 is 12.9 Å². The number of aromatic nitrogens is 2. The van der Waals surface area contributed by atoms with Crippen molar-refractivity contribution in [3.8, 4) is 0 Å². The molecule has 1 aromatic heterocycles. The highest BCUT2D eigenvalue weighted by molar-refractivity contribution is 6.58. The number of hydrogen-bond acceptors (Lipinski definition) is 3. The zero-order chi connectivity index (χ0) is 14.0. The van der Waals surface area contributed by atoms with E-state index in [2.05, 4.69) is 0 Å². The van der Waals surface area contributed by atoms with Gasteiger partial charge in [0.15, 0.2) is 0 Å². The first-order valence-electron chi connectivity index (χ1n) is 5.93. The van der Waals surface area contributed by atoms with Crippen molar-refractivity contribution < 1.29 is 14.4 Å². The molecule has 0 bridgehead atoms. The molecule has 0 saturated heterocycles. The van der Waals surface area contributed by atoms with E-state index in [0.29, 0.717) is 12.1 Å². The minimum atomic E-state index is -1.86. The first kappa shape index (κ1) is 13.6. The predicted molar refractivity (Wildman–Crippen MR) is 69.7 cm³/mol. The van der Waals surface area contributed by atoms with Gasteiger partial charge >= 0.3 is 12.8 Å². The normalized spacial score (nSPS) is 10.7. The second-order valence-corrected chi connectivity index (χ2v) is 4.22. The van der Waals surface area contributed by atoms with Crippen LogP contribution in [0.1, 0.15) is 12.5 Å². The molecule has 0 amide bonds. The molecule has 2 aromatic rings. The van der Waals surface area contributed by atoms with Crippen molar-refractivity contribution in [3.63, 3.8) is 0 Å². The van der Waals surface area contributed by atoms with Crippen molar-refractivity contribution >= 4 is 12.6 Å². The zero-order valence-corrected chi connectivity index (χ0v) is 10.5. The van der Waals surface area contributed by atoms with Crippen LogP contribution < -0.4 is 11.2 Å². The molecule has 5 nitrogen and oxygen atoms in total. The largest absolute Gasteiger partial charge is 0.491 e. The van der Waals surface area contributed by atoms with E-state index in [0.717, 1.165) is 6.07 Å². The Hall–Kier alpha value is -1.86. The van der Waals surface area contributed by atoms with Crippen LogP contribution in [0.2, 0.25) is 0 Å². The fraction of sp³-hybridized carbons (Fsp3) is 0.250. The highest BCUT2D eigenvalue weighted by Crippen LogP contribution is 2.03. The molecule has 19 heavy (non-hydrogen) atoms. The van der Waals surface area contributed by atoms with E-state index in [1.165, 1.54) is 16.7 Å². The Balaban J connectivity index is 2.31. The lowest BCUT2D eigenvalue weighted by Gasteiger charge is -2.06. The first-order chi connectivity index (χ1) is 9.02. The molecule has 0 aliphatic heterocycles. The second-order valence-electron chi connectivity index (χ2n) is 4.22. The summed E-state index contributed by atoms with van der Waals surface area (Å²) in [5.74, 6) is -0.683. The van der Waals surface area contributed by atoms with Crippen LogP contribution in [0.4, 0.5) is 4.39 Å². The third kappa shape index (κ3) is 2.77. The first-order valence-corrected chi connectivity index (χ1v) is 5.93. The van der Waals surface area contributed by atoms with Crippen molar-refractivity contribution in [1.29, 1.82) is 0 Å². The minimum Gasteiger partial charge on any atom is -0.423 e. The maximum Gasteiger partial charge on any atom is 0.491 e. The van der Waals surface area contributed by atoms with Crippen LogP contribution in [0.3, 0.4) is 0 Å². The van der Waals surface area contributed by atoms with Crippen LogP contribution in [0.5, 0.6) is 0 Å². The Kier molecular flexibility index (Phi) is 3.87. The molecule has 7 heteroatoms. The lowest BCUT2D eigenvalue weighted by Crippen LogP contribution is -2.33. The molecule has 0 aliphatic rings. The molecule has 0 unspecified atom stereocenters. The van der Waals surface area contributed by atoms with Gasteiger partial charge < -0.3 is 10.0 Å². The van der Waals surface area contributed by atoms with Crippen LogP contribution in [0.25, 0.3) is 0 Å². The topological polar surface area (TPSA) is 67.4 Å². The second kappa shape index (κ2) is 5.42. The maximum absolute atomic E-state index is 13.3. The van der Waals surface area contributed by atoms with Crippen LogP contribution in [0, 0.1) is 5.82 Å². The van der Waals surface area contributed by atoms with Gasteiger partial charge in [-0.05, 0) is 18.6 Å². The molecular formula is C12H14BFN2O3. The van der Waals surface area contributed by atoms with Crippen molar-refractivity contribution in [3.05, 3.63) is 52.5 Å². The van der Waals surface area contributed by atoms with Gasteiger partial charge in [-0.2, -0.15) is 0 Å². The molecule has 2 N–H and O–H groups in total. The van der Waals surface area contributed by atoms with E-state index in [4.69, 9.17) is 10.0 Å². The quantitative estimate of drug-likeness (QED) is 0.734. The SMILES string of the molecule is CCn1ccn(Cc2ccc(F)c(B(O)O)c2)c1=O. The number of aryl methyl sites for hydroxylation is 1. The highest BCUT2D eigenvalue weighted by atomic mass is 19.1. The molecule has 1 heterocycles. The summed E-state index contributed by atoms with van der Waals surface area (Å²) in [6.45, 7) is 2.70. The lowest BCUT2D eigenvalue weighted by molar-refractivity contribution is 0.423. The molecule has 0 saturated carbocycles. The fourth-order valence-electron chi connectivity index (χ4n) is 1.90. The number of rotatable bonds is 4. The standard InChI is InChI=1S/C12H14BFN2O3/c1-2-15-5-6-16(12(15)17)8-9-3-4-11(14)10(7-9)13(18)19/h3-7,18-19H,2,8H2,1H3. The molecule has 2 rings (SSSR count). The van der Waals surface area contributed by atoms with Crippen LogP contribution in [-0.2, 0) is 13.1 Å². The summed E-state index contributed by atoms with van der Waals surface area (Å²) in [5, 5.41) is 18.1. The Morgan fingerprint density at radius 3 is 2.53 bits per heavy atom. The van der Waals surface area contributed by atoms with E-state index in [1.54, 1.807) is 17.0 Å². The summed E-state index contributed by atoms with van der Waals surface area (Å²) in [4.78, 5) is 11.8. The molecule has 0 fully saturated rings. The van der Waals surface area contributed by atoms with Gasteiger partial charge in [0.25, 0.3) is 0 Å². The van der Waals surface area contributed by atoms with Gasteiger partial charge in [0.2, 0.25) is 0 Å². The van der Waals surface area contributed by atoms with Crippen molar-refractivity contribution in [2.75, 3.05) is 0 Å². The molecule has 0 radical (unpaired) electrons. The molecule has 0 aliphatic carbocycles. The molecule has 0 spiro atoms. The molecule has 1 aromatic carbocycles. The molecular weight excluding hydrogens is 250 g/mol. The summed E-state index contributed by atoms with van der Waals surface area (Å²) in [5.41, 5.74) is 0.277. The average Bonchev–Trinajstić information content (AvgIpc) is 2.72. The third-order valence-corrected chi connectivity index (χ3v) is 2.95. The van der Waals surface area contributed by atoms with Gasteiger partial charge in [0.1, 0.15) is 5.82 Å². The maximum atomic E-state index is 13.3. The van der Waals surface area contributed by atoms with Gasteiger partial charge in [-0.25, -0.2) is 9.18 Å². The van der Waals surface area contributed by atoms with Gasteiger partial charge in [0, 0.05) is 24.4 Å².